The first kappa shape index (κ1) is 15.0. The molecule has 0 aliphatic heterocycles. The van der Waals surface area contributed by atoms with Crippen molar-refractivity contribution in [3.8, 4) is 5.75 Å². The first-order valence-corrected chi connectivity index (χ1v) is 7.33. The van der Waals surface area contributed by atoms with Gasteiger partial charge in [-0.1, -0.05) is 50.1 Å². The monoisotopic (exact) mass is 283 g/mol. The fourth-order valence-corrected chi connectivity index (χ4v) is 2.07. The largest absolute Gasteiger partial charge is 0.508 e. The van der Waals surface area contributed by atoms with Crippen molar-refractivity contribution < 1.29 is 5.11 Å². The summed E-state index contributed by atoms with van der Waals surface area (Å²) in [5.74, 6) is 0.439. The average Bonchev–Trinajstić information content (AvgIpc) is 2.99. The van der Waals surface area contributed by atoms with E-state index in [4.69, 9.17) is 0 Å². The van der Waals surface area contributed by atoms with Gasteiger partial charge in [0.2, 0.25) is 0 Å². The maximum Gasteiger partial charge on any atom is 0.118 e. The van der Waals surface area contributed by atoms with Gasteiger partial charge in [0.15, 0.2) is 0 Å². The number of aromatic amines is 1. The minimum Gasteiger partial charge on any atom is -0.508 e. The lowest BCUT2D eigenvalue weighted by Gasteiger charge is -2.02. The van der Waals surface area contributed by atoms with Gasteiger partial charge in [0, 0.05) is 0 Å². The Bertz CT molecular complexity index is 633. The summed E-state index contributed by atoms with van der Waals surface area (Å²) in [6.07, 6.45) is 4.65. The van der Waals surface area contributed by atoms with E-state index in [1.165, 1.54) is 19.3 Å². The van der Waals surface area contributed by atoms with E-state index in [1.54, 1.807) is 6.07 Å². The van der Waals surface area contributed by atoms with Crippen LogP contribution in [0.1, 0.15) is 31.7 Å². The number of aromatic hydroxyl groups is 1. The fraction of sp³-hybridized carbons (Fsp3) is 0.294. The number of phenols is 1. The SMILES string of the molecule is CCCCCc1ccccc1O.c1ccc2n[nH]nc2c1. The van der Waals surface area contributed by atoms with Crippen molar-refractivity contribution in [1.82, 2.24) is 15.4 Å². The molecule has 0 aliphatic carbocycles. The van der Waals surface area contributed by atoms with Gasteiger partial charge in [-0.3, -0.25) is 0 Å². The first-order valence-electron chi connectivity index (χ1n) is 7.33. The second kappa shape index (κ2) is 8.04. The fourth-order valence-electron chi connectivity index (χ4n) is 2.07. The summed E-state index contributed by atoms with van der Waals surface area (Å²) in [5.41, 5.74) is 2.90. The second-order valence-electron chi connectivity index (χ2n) is 4.90. The summed E-state index contributed by atoms with van der Waals surface area (Å²) in [7, 11) is 0. The molecule has 21 heavy (non-hydrogen) atoms. The number of hydrogen-bond donors (Lipinski definition) is 2. The lowest BCUT2D eigenvalue weighted by atomic mass is 10.1. The molecule has 0 atom stereocenters. The number of phenolic OH excluding ortho intramolecular Hbond substituents is 1. The molecule has 0 aliphatic rings. The van der Waals surface area contributed by atoms with Crippen molar-refractivity contribution in [2.75, 3.05) is 0 Å². The molecule has 110 valence electrons. The van der Waals surface area contributed by atoms with E-state index in [-0.39, 0.29) is 0 Å². The smallest absolute Gasteiger partial charge is 0.118 e. The van der Waals surface area contributed by atoms with Gasteiger partial charge in [-0.2, -0.15) is 15.4 Å². The number of aryl methyl sites for hydroxylation is 1. The summed E-state index contributed by atoms with van der Waals surface area (Å²) in [6, 6.07) is 15.3. The number of unbranched alkanes of at least 4 members (excludes halogenated alkanes) is 2. The predicted molar refractivity (Wildman–Crippen MR) is 85.2 cm³/mol. The molecule has 2 N–H and O–H groups in total. The summed E-state index contributed by atoms with van der Waals surface area (Å²) < 4.78 is 0. The molecule has 3 aromatic rings. The molecule has 1 aromatic heterocycles. The molecule has 3 rings (SSSR count). The molecule has 0 saturated heterocycles. The third kappa shape index (κ3) is 4.60. The third-order valence-corrected chi connectivity index (χ3v) is 3.26. The molecule has 0 saturated carbocycles. The highest BCUT2D eigenvalue weighted by Crippen LogP contribution is 2.17. The van der Waals surface area contributed by atoms with Crippen LogP contribution in [0.2, 0.25) is 0 Å². The zero-order valence-electron chi connectivity index (χ0n) is 12.3. The topological polar surface area (TPSA) is 61.8 Å². The minimum absolute atomic E-state index is 0.439. The van der Waals surface area contributed by atoms with E-state index < -0.39 is 0 Å². The molecule has 0 fully saturated rings. The number of para-hydroxylation sites is 3. The van der Waals surface area contributed by atoms with Crippen LogP contribution in [0.3, 0.4) is 0 Å². The van der Waals surface area contributed by atoms with Crippen molar-refractivity contribution in [2.45, 2.75) is 32.6 Å². The molecule has 0 amide bonds. The Morgan fingerprint density at radius 3 is 2.14 bits per heavy atom. The van der Waals surface area contributed by atoms with Crippen LogP contribution in [0.4, 0.5) is 0 Å². The van der Waals surface area contributed by atoms with Gasteiger partial charge in [-0.15, -0.1) is 0 Å². The molecule has 2 aromatic carbocycles. The van der Waals surface area contributed by atoms with E-state index >= 15 is 0 Å². The van der Waals surface area contributed by atoms with E-state index in [1.807, 2.05) is 42.5 Å². The number of nitrogens with zero attached hydrogens (tertiary/aromatic N) is 2. The number of fused-ring (bicyclic) bond motifs is 1. The highest BCUT2D eigenvalue weighted by atomic mass is 16.3. The van der Waals surface area contributed by atoms with Crippen molar-refractivity contribution in [1.29, 1.82) is 0 Å². The normalized spacial score (nSPS) is 10.1. The molecule has 4 heteroatoms. The van der Waals surface area contributed by atoms with Crippen molar-refractivity contribution in [3.63, 3.8) is 0 Å². The van der Waals surface area contributed by atoms with E-state index in [9.17, 15) is 5.11 Å². The summed E-state index contributed by atoms with van der Waals surface area (Å²) in [4.78, 5) is 0. The number of hydrogen-bond acceptors (Lipinski definition) is 3. The third-order valence-electron chi connectivity index (χ3n) is 3.26. The predicted octanol–water partition coefficient (Wildman–Crippen LogP) is 4.08. The molecule has 0 radical (unpaired) electrons. The highest BCUT2D eigenvalue weighted by Gasteiger charge is 1.97. The van der Waals surface area contributed by atoms with Crippen LogP contribution in [-0.2, 0) is 6.42 Å². The number of nitrogens with one attached hydrogen (secondary N) is 1. The Morgan fingerprint density at radius 2 is 1.52 bits per heavy atom. The Labute approximate surface area is 124 Å². The van der Waals surface area contributed by atoms with Gasteiger partial charge in [0.25, 0.3) is 0 Å². The van der Waals surface area contributed by atoms with Crippen LogP contribution in [0.25, 0.3) is 11.0 Å². The Kier molecular flexibility index (Phi) is 5.76. The Morgan fingerprint density at radius 1 is 0.905 bits per heavy atom. The molecule has 0 spiro atoms. The van der Waals surface area contributed by atoms with Gasteiger partial charge in [-0.25, -0.2) is 0 Å². The molecule has 1 heterocycles. The lowest BCUT2D eigenvalue weighted by Crippen LogP contribution is -1.85. The molecule has 4 nitrogen and oxygen atoms in total. The molecular formula is C17H21N3O. The summed E-state index contributed by atoms with van der Waals surface area (Å²) in [6.45, 7) is 2.19. The summed E-state index contributed by atoms with van der Waals surface area (Å²) in [5, 5.41) is 19.7. The van der Waals surface area contributed by atoms with Gasteiger partial charge >= 0.3 is 0 Å². The van der Waals surface area contributed by atoms with Crippen LogP contribution in [0.5, 0.6) is 5.75 Å². The minimum atomic E-state index is 0.439. The zero-order valence-corrected chi connectivity index (χ0v) is 12.3. The molecule has 0 unspecified atom stereocenters. The van der Waals surface area contributed by atoms with Crippen LogP contribution in [0, 0.1) is 0 Å². The van der Waals surface area contributed by atoms with Gasteiger partial charge in [0.05, 0.1) is 0 Å². The number of aromatic nitrogens is 3. The van der Waals surface area contributed by atoms with Gasteiger partial charge in [-0.05, 0) is 36.6 Å². The molecular weight excluding hydrogens is 262 g/mol. The average molecular weight is 283 g/mol. The lowest BCUT2D eigenvalue weighted by molar-refractivity contribution is 0.466. The molecule has 0 bridgehead atoms. The number of benzene rings is 2. The van der Waals surface area contributed by atoms with Crippen molar-refractivity contribution in [2.24, 2.45) is 0 Å². The van der Waals surface area contributed by atoms with Gasteiger partial charge < -0.3 is 5.11 Å². The van der Waals surface area contributed by atoms with Crippen LogP contribution >= 0.6 is 0 Å². The maximum atomic E-state index is 9.41. The second-order valence-corrected chi connectivity index (χ2v) is 4.90. The van der Waals surface area contributed by atoms with Gasteiger partial charge in [0.1, 0.15) is 16.8 Å². The highest BCUT2D eigenvalue weighted by molar-refractivity contribution is 5.72. The van der Waals surface area contributed by atoms with E-state index in [0.717, 1.165) is 23.0 Å². The zero-order chi connectivity index (χ0) is 14.9. The van der Waals surface area contributed by atoms with E-state index in [2.05, 4.69) is 22.3 Å². The maximum absolute atomic E-state index is 9.41. The Balaban J connectivity index is 0.000000159. The number of rotatable bonds is 4. The standard InChI is InChI=1S/C11H16O.C6H5N3/c1-2-3-4-7-10-8-5-6-9-11(10)12;1-2-4-6-5(3-1)7-9-8-6/h5-6,8-9,12H,2-4,7H2,1H3;1-4H,(H,7,8,9). The van der Waals surface area contributed by atoms with Crippen LogP contribution in [0.15, 0.2) is 48.5 Å². The first-order chi connectivity index (χ1) is 10.3. The van der Waals surface area contributed by atoms with E-state index in [0.29, 0.717) is 5.75 Å². The number of H-pyrrole nitrogens is 1. The van der Waals surface area contributed by atoms with Crippen LogP contribution < -0.4 is 0 Å². The summed E-state index contributed by atoms with van der Waals surface area (Å²) >= 11 is 0. The van der Waals surface area contributed by atoms with Crippen molar-refractivity contribution in [3.05, 3.63) is 54.1 Å². The quantitative estimate of drug-likeness (QED) is 0.709. The van der Waals surface area contributed by atoms with Crippen molar-refractivity contribution >= 4 is 11.0 Å². The van der Waals surface area contributed by atoms with Crippen LogP contribution in [-0.4, -0.2) is 20.5 Å². The Hall–Kier alpha value is -2.36.